The highest BCUT2D eigenvalue weighted by Crippen LogP contribution is 2.21. The Morgan fingerprint density at radius 1 is 1.29 bits per heavy atom. The van der Waals surface area contributed by atoms with E-state index in [4.69, 9.17) is 18.7 Å². The van der Waals surface area contributed by atoms with Crippen molar-refractivity contribution in [3.63, 3.8) is 0 Å². The summed E-state index contributed by atoms with van der Waals surface area (Å²) in [5.74, 6) is -2.13. The summed E-state index contributed by atoms with van der Waals surface area (Å²) in [6.45, 7) is 1.81. The van der Waals surface area contributed by atoms with Crippen LogP contribution in [0.25, 0.3) is 0 Å². The Labute approximate surface area is 127 Å². The molecule has 1 unspecified atom stereocenters. The van der Waals surface area contributed by atoms with E-state index in [-0.39, 0.29) is 5.92 Å². The van der Waals surface area contributed by atoms with Crippen LogP contribution in [0.4, 0.5) is 0 Å². The summed E-state index contributed by atoms with van der Waals surface area (Å²) in [6, 6.07) is 0. The van der Waals surface area contributed by atoms with E-state index < -0.39 is 17.5 Å². The Bertz CT molecular complexity index is 367. The molecule has 21 heavy (non-hydrogen) atoms. The molecule has 1 fully saturated rings. The predicted molar refractivity (Wildman–Crippen MR) is 80.4 cm³/mol. The molecule has 0 bridgehead atoms. The van der Waals surface area contributed by atoms with Crippen LogP contribution >= 0.6 is 0 Å². The third-order valence-electron chi connectivity index (χ3n) is 4.23. The smallest absolute Gasteiger partial charge is 0.323 e. The third-order valence-corrected chi connectivity index (χ3v) is 4.23. The van der Waals surface area contributed by atoms with Gasteiger partial charge >= 0.3 is 11.9 Å². The van der Waals surface area contributed by atoms with Gasteiger partial charge in [-0.2, -0.15) is 0 Å². The number of rotatable bonds is 9. The van der Waals surface area contributed by atoms with Gasteiger partial charge in [0.1, 0.15) is 5.54 Å². The fraction of sp³-hybridized carbons (Fsp3) is 0.857. The number of unbranched alkanes of at least 4 members (excludes halogenated alkanes) is 1. The summed E-state index contributed by atoms with van der Waals surface area (Å²) in [5, 5.41) is 18.4. The van der Waals surface area contributed by atoms with Gasteiger partial charge in [-0.25, -0.2) is 0 Å². The number of aliphatic carboxylic acids is 2. The third kappa shape index (κ3) is 5.67. The van der Waals surface area contributed by atoms with Crippen molar-refractivity contribution in [1.29, 1.82) is 0 Å². The zero-order chi connectivity index (χ0) is 15.9. The summed E-state index contributed by atoms with van der Waals surface area (Å²) in [6.07, 6.45) is 4.23. The van der Waals surface area contributed by atoms with Crippen molar-refractivity contribution in [3.05, 3.63) is 0 Å². The highest BCUT2D eigenvalue weighted by Gasteiger charge is 2.34. The van der Waals surface area contributed by atoms with Crippen LogP contribution in [0.15, 0.2) is 0 Å². The molecule has 0 aliphatic carbocycles. The molecule has 1 aliphatic rings. The number of carbonyl (C=O) groups is 2. The lowest BCUT2D eigenvalue weighted by Gasteiger charge is -2.33. The Morgan fingerprint density at radius 3 is 2.57 bits per heavy atom. The quantitative estimate of drug-likeness (QED) is 0.428. The van der Waals surface area contributed by atoms with Crippen LogP contribution in [-0.2, 0) is 9.59 Å². The SMILES string of the molecule is [B]CCCCC(N)(CCN1CCC[C@H](C(=O)O)C1)C(=O)O. The van der Waals surface area contributed by atoms with Crippen molar-refractivity contribution >= 4 is 19.8 Å². The van der Waals surface area contributed by atoms with Gasteiger partial charge < -0.3 is 20.8 Å². The zero-order valence-corrected chi connectivity index (χ0v) is 12.5. The lowest BCUT2D eigenvalue weighted by atomic mass is 9.87. The molecule has 2 radical (unpaired) electrons. The predicted octanol–water partition coefficient (Wildman–Crippen LogP) is 0.712. The molecule has 1 rings (SSSR count). The first-order valence-electron chi connectivity index (χ1n) is 7.56. The number of likely N-dealkylation sites (tertiary alicyclic amines) is 1. The maximum Gasteiger partial charge on any atom is 0.323 e. The van der Waals surface area contributed by atoms with Crippen molar-refractivity contribution in [2.24, 2.45) is 11.7 Å². The molecule has 6 nitrogen and oxygen atoms in total. The molecule has 0 aromatic heterocycles. The van der Waals surface area contributed by atoms with Gasteiger partial charge in [0.25, 0.3) is 0 Å². The van der Waals surface area contributed by atoms with E-state index in [1.54, 1.807) is 0 Å². The molecule has 0 saturated carbocycles. The van der Waals surface area contributed by atoms with Crippen molar-refractivity contribution in [3.8, 4) is 0 Å². The van der Waals surface area contributed by atoms with Crippen LogP contribution in [0.5, 0.6) is 0 Å². The first-order valence-corrected chi connectivity index (χ1v) is 7.56. The van der Waals surface area contributed by atoms with Crippen LogP contribution in [0.1, 0.15) is 38.5 Å². The van der Waals surface area contributed by atoms with Gasteiger partial charge in [0.2, 0.25) is 0 Å². The second kappa shape index (κ2) is 8.39. The molecule has 1 aliphatic heterocycles. The number of carboxylic acids is 2. The van der Waals surface area contributed by atoms with E-state index in [9.17, 15) is 14.7 Å². The average Bonchev–Trinajstić information content (AvgIpc) is 2.45. The van der Waals surface area contributed by atoms with Crippen LogP contribution in [-0.4, -0.2) is 60.1 Å². The normalized spacial score (nSPS) is 22.6. The Kier molecular flexibility index (Phi) is 7.18. The number of hydrogen-bond donors (Lipinski definition) is 3. The van der Waals surface area contributed by atoms with Gasteiger partial charge in [-0.05, 0) is 32.2 Å². The van der Waals surface area contributed by atoms with Gasteiger partial charge in [0.05, 0.1) is 13.8 Å². The highest BCUT2D eigenvalue weighted by molar-refractivity contribution is 6.08. The highest BCUT2D eigenvalue weighted by atomic mass is 16.4. The summed E-state index contributed by atoms with van der Waals surface area (Å²) >= 11 is 0. The molecule has 0 aromatic rings. The minimum absolute atomic E-state index is 0.333. The maximum atomic E-state index is 11.4. The van der Waals surface area contributed by atoms with Crippen LogP contribution in [0.2, 0.25) is 6.32 Å². The van der Waals surface area contributed by atoms with Gasteiger partial charge in [0, 0.05) is 13.1 Å². The minimum atomic E-state index is -1.24. The first kappa shape index (κ1) is 18.0. The maximum absolute atomic E-state index is 11.4. The van der Waals surface area contributed by atoms with E-state index in [2.05, 4.69) is 0 Å². The van der Waals surface area contributed by atoms with E-state index in [1.165, 1.54) is 0 Å². The lowest BCUT2D eigenvalue weighted by molar-refractivity contribution is -0.146. The minimum Gasteiger partial charge on any atom is -0.481 e. The standard InChI is InChI=1S/C14H25BN2O4/c15-7-2-1-5-14(16,13(20)21)6-9-17-8-3-4-11(10-17)12(18)19/h11H,1-10,16H2,(H,18,19)(H,20,21)/t11-,14?/m0/s1. The number of nitrogens with two attached hydrogens (primary N) is 1. The van der Waals surface area contributed by atoms with E-state index in [0.717, 1.165) is 19.4 Å². The summed E-state index contributed by atoms with van der Waals surface area (Å²) in [4.78, 5) is 24.4. The fourth-order valence-corrected chi connectivity index (χ4v) is 2.74. The fourth-order valence-electron chi connectivity index (χ4n) is 2.74. The van der Waals surface area contributed by atoms with Gasteiger partial charge in [-0.3, -0.25) is 9.59 Å². The second-order valence-corrected chi connectivity index (χ2v) is 5.94. The molecule has 7 heteroatoms. The van der Waals surface area contributed by atoms with E-state index >= 15 is 0 Å². The Hall–Kier alpha value is -1.08. The largest absolute Gasteiger partial charge is 0.481 e. The number of piperidine rings is 1. The second-order valence-electron chi connectivity index (χ2n) is 5.94. The molecule has 0 spiro atoms. The first-order chi connectivity index (χ1) is 9.89. The number of hydrogen-bond acceptors (Lipinski definition) is 4. The Balaban J connectivity index is 2.48. The molecule has 1 saturated heterocycles. The van der Waals surface area contributed by atoms with E-state index in [0.29, 0.717) is 45.1 Å². The number of nitrogens with zero attached hydrogens (tertiary/aromatic N) is 1. The lowest BCUT2D eigenvalue weighted by Crippen LogP contribution is -2.51. The van der Waals surface area contributed by atoms with Crippen LogP contribution in [0, 0.1) is 5.92 Å². The molecular formula is C14H25BN2O4. The van der Waals surface area contributed by atoms with Gasteiger partial charge in [-0.1, -0.05) is 19.2 Å². The Morgan fingerprint density at radius 2 is 2.00 bits per heavy atom. The van der Waals surface area contributed by atoms with Crippen LogP contribution < -0.4 is 5.73 Å². The molecule has 4 N–H and O–H groups in total. The summed E-state index contributed by atoms with van der Waals surface area (Å²) in [7, 11) is 5.42. The van der Waals surface area contributed by atoms with Gasteiger partial charge in [0.15, 0.2) is 0 Å². The van der Waals surface area contributed by atoms with Crippen molar-refractivity contribution in [2.75, 3.05) is 19.6 Å². The van der Waals surface area contributed by atoms with Crippen molar-refractivity contribution in [2.45, 2.75) is 50.4 Å². The number of carboxylic acid groups (broad SMARTS) is 2. The van der Waals surface area contributed by atoms with Crippen LogP contribution in [0.3, 0.4) is 0 Å². The average molecular weight is 296 g/mol. The zero-order valence-electron chi connectivity index (χ0n) is 12.5. The van der Waals surface area contributed by atoms with Gasteiger partial charge in [-0.15, -0.1) is 0 Å². The summed E-state index contributed by atoms with van der Waals surface area (Å²) in [5.41, 5.74) is 4.77. The monoisotopic (exact) mass is 296 g/mol. The van der Waals surface area contributed by atoms with Crippen molar-refractivity contribution < 1.29 is 19.8 Å². The molecule has 0 amide bonds. The molecule has 1 heterocycles. The van der Waals surface area contributed by atoms with Crippen molar-refractivity contribution in [1.82, 2.24) is 4.90 Å². The molecule has 118 valence electrons. The van der Waals surface area contributed by atoms with E-state index in [1.807, 2.05) is 4.90 Å². The topological polar surface area (TPSA) is 104 Å². The molecular weight excluding hydrogens is 271 g/mol. The molecule has 0 aromatic carbocycles. The summed E-state index contributed by atoms with van der Waals surface area (Å²) < 4.78 is 0. The molecule has 2 atom stereocenters.